The standard InChI is InChI=1S/C13H16N2O3/c1-8(2)13(16)14-9(3)6-10-7-11(15(17)18)4-5-12(10)14/h4-5,7-9H,6H2,1-3H3. The topological polar surface area (TPSA) is 63.5 Å². The number of benzene rings is 1. The lowest BCUT2D eigenvalue weighted by Crippen LogP contribution is -2.38. The van der Waals surface area contributed by atoms with E-state index in [-0.39, 0.29) is 23.6 Å². The van der Waals surface area contributed by atoms with Crippen LogP contribution in [0.2, 0.25) is 0 Å². The van der Waals surface area contributed by atoms with Crippen LogP contribution in [0.5, 0.6) is 0 Å². The maximum absolute atomic E-state index is 12.1. The predicted octanol–water partition coefficient (Wildman–Crippen LogP) is 2.53. The molecule has 0 bridgehead atoms. The van der Waals surface area contributed by atoms with Crippen LogP contribution in [-0.4, -0.2) is 16.9 Å². The maximum Gasteiger partial charge on any atom is 0.269 e. The van der Waals surface area contributed by atoms with Crippen molar-refractivity contribution in [2.45, 2.75) is 33.2 Å². The SMILES string of the molecule is CC(C)C(=O)N1c2ccc([N+](=O)[O-])cc2CC1C. The number of nitro groups is 1. The first kappa shape index (κ1) is 12.5. The molecule has 1 aliphatic rings. The smallest absolute Gasteiger partial charge is 0.269 e. The summed E-state index contributed by atoms with van der Waals surface area (Å²) < 4.78 is 0. The molecule has 0 saturated carbocycles. The van der Waals surface area contributed by atoms with E-state index in [2.05, 4.69) is 0 Å². The quantitative estimate of drug-likeness (QED) is 0.596. The minimum absolute atomic E-state index is 0.0649. The normalized spacial score (nSPS) is 18.0. The number of nitro benzene ring substituents is 1. The number of anilines is 1. The number of hydrogen-bond donors (Lipinski definition) is 0. The van der Waals surface area contributed by atoms with E-state index in [1.807, 2.05) is 20.8 Å². The number of rotatable bonds is 2. The van der Waals surface area contributed by atoms with E-state index in [0.717, 1.165) is 11.3 Å². The Morgan fingerprint density at radius 3 is 2.72 bits per heavy atom. The van der Waals surface area contributed by atoms with Gasteiger partial charge in [0.05, 0.1) is 4.92 Å². The summed E-state index contributed by atoms with van der Waals surface area (Å²) >= 11 is 0. The molecule has 1 aromatic rings. The molecular formula is C13H16N2O3. The molecule has 0 spiro atoms. The highest BCUT2D eigenvalue weighted by atomic mass is 16.6. The molecule has 5 heteroatoms. The second kappa shape index (κ2) is 4.40. The molecule has 2 rings (SSSR count). The Balaban J connectivity index is 2.41. The van der Waals surface area contributed by atoms with Crippen molar-refractivity contribution in [3.63, 3.8) is 0 Å². The minimum Gasteiger partial charge on any atom is -0.309 e. The second-order valence-electron chi connectivity index (χ2n) is 4.99. The van der Waals surface area contributed by atoms with Gasteiger partial charge in [-0.3, -0.25) is 14.9 Å². The number of carbonyl (C=O) groups excluding carboxylic acids is 1. The Bertz CT molecular complexity index is 511. The highest BCUT2D eigenvalue weighted by Crippen LogP contribution is 2.35. The van der Waals surface area contributed by atoms with Crippen LogP contribution in [0.15, 0.2) is 18.2 Å². The Hall–Kier alpha value is -1.91. The van der Waals surface area contributed by atoms with E-state index in [4.69, 9.17) is 0 Å². The van der Waals surface area contributed by atoms with Gasteiger partial charge in [0.1, 0.15) is 0 Å². The first-order chi connectivity index (χ1) is 8.41. The van der Waals surface area contributed by atoms with Crippen LogP contribution in [-0.2, 0) is 11.2 Å². The number of hydrogen-bond acceptors (Lipinski definition) is 3. The fourth-order valence-electron chi connectivity index (χ4n) is 2.35. The molecule has 0 saturated heterocycles. The number of non-ortho nitro benzene ring substituents is 1. The van der Waals surface area contributed by atoms with Gasteiger partial charge in [-0.2, -0.15) is 0 Å². The van der Waals surface area contributed by atoms with Gasteiger partial charge in [-0.05, 0) is 25.0 Å². The van der Waals surface area contributed by atoms with E-state index in [9.17, 15) is 14.9 Å². The minimum atomic E-state index is -0.405. The van der Waals surface area contributed by atoms with Crippen LogP contribution in [0, 0.1) is 16.0 Å². The average Bonchev–Trinajstić information content (AvgIpc) is 2.62. The summed E-state index contributed by atoms with van der Waals surface area (Å²) in [7, 11) is 0. The molecule has 96 valence electrons. The molecule has 1 unspecified atom stereocenters. The molecule has 1 heterocycles. The molecular weight excluding hydrogens is 232 g/mol. The molecule has 18 heavy (non-hydrogen) atoms. The lowest BCUT2D eigenvalue weighted by atomic mass is 10.1. The van der Waals surface area contributed by atoms with E-state index in [1.165, 1.54) is 6.07 Å². The summed E-state index contributed by atoms with van der Waals surface area (Å²) in [6, 6.07) is 4.77. The van der Waals surface area contributed by atoms with Gasteiger partial charge < -0.3 is 4.90 Å². The van der Waals surface area contributed by atoms with Crippen molar-refractivity contribution < 1.29 is 9.72 Å². The number of nitrogens with zero attached hydrogens (tertiary/aromatic N) is 2. The van der Waals surface area contributed by atoms with Gasteiger partial charge >= 0.3 is 0 Å². The molecule has 1 amide bonds. The van der Waals surface area contributed by atoms with Crippen LogP contribution in [0.3, 0.4) is 0 Å². The van der Waals surface area contributed by atoms with E-state index in [0.29, 0.717) is 6.42 Å². The predicted molar refractivity (Wildman–Crippen MR) is 68.6 cm³/mol. The average molecular weight is 248 g/mol. The summed E-state index contributed by atoms with van der Waals surface area (Å²) in [6.45, 7) is 5.68. The van der Waals surface area contributed by atoms with Crippen molar-refractivity contribution >= 4 is 17.3 Å². The Morgan fingerprint density at radius 1 is 1.50 bits per heavy atom. The fourth-order valence-corrected chi connectivity index (χ4v) is 2.35. The van der Waals surface area contributed by atoms with Crippen LogP contribution < -0.4 is 4.90 Å². The molecule has 0 aromatic heterocycles. The van der Waals surface area contributed by atoms with E-state index >= 15 is 0 Å². The van der Waals surface area contributed by atoms with Crippen molar-refractivity contribution in [1.82, 2.24) is 0 Å². The van der Waals surface area contributed by atoms with Crippen molar-refractivity contribution in [2.75, 3.05) is 4.90 Å². The molecule has 1 aliphatic heterocycles. The number of carbonyl (C=O) groups is 1. The van der Waals surface area contributed by atoms with Gasteiger partial charge in [0.25, 0.3) is 5.69 Å². The number of amides is 1. The molecule has 5 nitrogen and oxygen atoms in total. The Morgan fingerprint density at radius 2 is 2.17 bits per heavy atom. The lowest BCUT2D eigenvalue weighted by molar-refractivity contribution is -0.384. The zero-order chi connectivity index (χ0) is 13.4. The highest BCUT2D eigenvalue weighted by molar-refractivity contribution is 5.97. The summed E-state index contributed by atoms with van der Waals surface area (Å²) in [5.74, 6) is -0.0105. The fraction of sp³-hybridized carbons (Fsp3) is 0.462. The highest BCUT2D eigenvalue weighted by Gasteiger charge is 2.32. The van der Waals surface area contributed by atoms with Crippen molar-refractivity contribution in [1.29, 1.82) is 0 Å². The molecule has 0 aliphatic carbocycles. The second-order valence-corrected chi connectivity index (χ2v) is 4.99. The van der Waals surface area contributed by atoms with E-state index in [1.54, 1.807) is 17.0 Å². The van der Waals surface area contributed by atoms with Gasteiger partial charge in [-0.25, -0.2) is 0 Å². The van der Waals surface area contributed by atoms with Gasteiger partial charge in [0.15, 0.2) is 0 Å². The molecule has 0 N–H and O–H groups in total. The lowest BCUT2D eigenvalue weighted by Gasteiger charge is -2.24. The zero-order valence-corrected chi connectivity index (χ0v) is 10.7. The third kappa shape index (κ3) is 1.96. The Labute approximate surface area is 106 Å². The molecule has 1 atom stereocenters. The van der Waals surface area contributed by atoms with Crippen molar-refractivity contribution in [3.05, 3.63) is 33.9 Å². The zero-order valence-electron chi connectivity index (χ0n) is 10.7. The maximum atomic E-state index is 12.1. The first-order valence-corrected chi connectivity index (χ1v) is 6.02. The number of fused-ring (bicyclic) bond motifs is 1. The van der Waals surface area contributed by atoms with Gasteiger partial charge in [0, 0.05) is 29.8 Å². The van der Waals surface area contributed by atoms with Crippen molar-refractivity contribution in [2.24, 2.45) is 5.92 Å². The summed E-state index contributed by atoms with van der Waals surface area (Å²) in [4.78, 5) is 24.2. The first-order valence-electron chi connectivity index (χ1n) is 6.02. The van der Waals surface area contributed by atoms with E-state index < -0.39 is 4.92 Å². The summed E-state index contributed by atoms with van der Waals surface area (Å²) in [5.41, 5.74) is 1.78. The third-order valence-electron chi connectivity index (χ3n) is 3.22. The monoisotopic (exact) mass is 248 g/mol. The largest absolute Gasteiger partial charge is 0.309 e. The van der Waals surface area contributed by atoms with Crippen LogP contribution in [0.4, 0.5) is 11.4 Å². The molecule has 1 aromatic carbocycles. The van der Waals surface area contributed by atoms with Crippen LogP contribution in [0.1, 0.15) is 26.3 Å². The van der Waals surface area contributed by atoms with Crippen LogP contribution >= 0.6 is 0 Å². The van der Waals surface area contributed by atoms with Gasteiger partial charge in [-0.1, -0.05) is 13.8 Å². The van der Waals surface area contributed by atoms with Crippen LogP contribution in [0.25, 0.3) is 0 Å². The molecule has 0 radical (unpaired) electrons. The van der Waals surface area contributed by atoms with Gasteiger partial charge in [-0.15, -0.1) is 0 Å². The van der Waals surface area contributed by atoms with Gasteiger partial charge in [0.2, 0.25) is 5.91 Å². The summed E-state index contributed by atoms with van der Waals surface area (Å²) in [6.07, 6.45) is 0.676. The summed E-state index contributed by atoms with van der Waals surface area (Å²) in [5, 5.41) is 10.7. The Kier molecular flexibility index (Phi) is 3.07. The third-order valence-corrected chi connectivity index (χ3v) is 3.22. The van der Waals surface area contributed by atoms with Crippen molar-refractivity contribution in [3.8, 4) is 0 Å². The molecule has 0 fully saturated rings.